The molecule has 0 aliphatic rings. The Morgan fingerprint density at radius 1 is 1.03 bits per heavy atom. The number of nitriles is 1. The Labute approximate surface area is 191 Å². The Morgan fingerprint density at radius 3 is 1.83 bits per heavy atom. The standard InChI is InChI=1S/C14H20N2.C8H16.3C2H6/c1-4-9-16(5-2)11-14-8-6-7-13(10-15)12(14)3;1-7(2)6-8(3,4)5;3*1-2/h6-8H,4-5,9,11H2,1-3H3;1,6H2,2-5H3;3*1-2H3. The Kier molecular flexibility index (Phi) is 28.3. The molecular formula is C28H54N2. The number of hydrogen-bond acceptors (Lipinski definition) is 2. The van der Waals surface area contributed by atoms with E-state index in [4.69, 9.17) is 5.26 Å². The number of rotatable bonds is 6. The second-order valence-corrected chi connectivity index (χ2v) is 7.76. The fraction of sp³-hybridized carbons (Fsp3) is 0.679. The lowest BCUT2D eigenvalue weighted by Gasteiger charge is -2.20. The smallest absolute Gasteiger partial charge is 0.0994 e. The van der Waals surface area contributed by atoms with Gasteiger partial charge in [-0.25, -0.2) is 0 Å². The molecule has 30 heavy (non-hydrogen) atoms. The van der Waals surface area contributed by atoms with Crippen molar-refractivity contribution in [2.24, 2.45) is 5.41 Å². The molecule has 2 nitrogen and oxygen atoms in total. The van der Waals surface area contributed by atoms with Gasteiger partial charge in [-0.2, -0.15) is 5.26 Å². The fourth-order valence-corrected chi connectivity index (χ4v) is 2.79. The lowest BCUT2D eigenvalue weighted by atomic mass is 9.89. The average Bonchev–Trinajstić information content (AvgIpc) is 2.72. The summed E-state index contributed by atoms with van der Waals surface area (Å²) in [5.74, 6) is 0. The number of hydrogen-bond donors (Lipinski definition) is 0. The van der Waals surface area contributed by atoms with Gasteiger partial charge in [-0.1, -0.05) is 93.9 Å². The van der Waals surface area contributed by atoms with Crippen molar-refractivity contribution in [1.82, 2.24) is 4.90 Å². The maximum atomic E-state index is 8.97. The van der Waals surface area contributed by atoms with Gasteiger partial charge in [0.05, 0.1) is 11.6 Å². The second kappa shape index (κ2) is 23.7. The maximum absolute atomic E-state index is 8.97. The molecule has 0 radical (unpaired) electrons. The third kappa shape index (κ3) is 21.1. The van der Waals surface area contributed by atoms with Gasteiger partial charge in [0, 0.05) is 6.54 Å². The highest BCUT2D eigenvalue weighted by Gasteiger charge is 2.08. The van der Waals surface area contributed by atoms with Crippen molar-refractivity contribution in [1.29, 1.82) is 5.26 Å². The predicted molar refractivity (Wildman–Crippen MR) is 140 cm³/mol. The first-order valence-electron chi connectivity index (χ1n) is 12.0. The summed E-state index contributed by atoms with van der Waals surface area (Å²) in [4.78, 5) is 2.41. The van der Waals surface area contributed by atoms with Crippen molar-refractivity contribution in [2.45, 2.75) is 109 Å². The monoisotopic (exact) mass is 418 g/mol. The van der Waals surface area contributed by atoms with E-state index in [2.05, 4.69) is 65.2 Å². The fourth-order valence-electron chi connectivity index (χ4n) is 2.79. The zero-order valence-corrected chi connectivity index (χ0v) is 22.9. The van der Waals surface area contributed by atoms with E-state index in [0.717, 1.165) is 37.2 Å². The minimum absolute atomic E-state index is 0.422. The largest absolute Gasteiger partial charge is 0.299 e. The first kappa shape index (κ1) is 35.8. The third-order valence-corrected chi connectivity index (χ3v) is 3.78. The van der Waals surface area contributed by atoms with Crippen LogP contribution in [0, 0.1) is 23.7 Å². The molecule has 0 bridgehead atoms. The molecule has 0 heterocycles. The van der Waals surface area contributed by atoms with Crippen molar-refractivity contribution in [3.8, 4) is 6.07 Å². The van der Waals surface area contributed by atoms with Gasteiger partial charge >= 0.3 is 0 Å². The van der Waals surface area contributed by atoms with E-state index in [-0.39, 0.29) is 0 Å². The van der Waals surface area contributed by atoms with Gasteiger partial charge in [0.25, 0.3) is 0 Å². The van der Waals surface area contributed by atoms with E-state index in [9.17, 15) is 0 Å². The summed E-state index contributed by atoms with van der Waals surface area (Å²) >= 11 is 0. The molecule has 0 aromatic heterocycles. The van der Waals surface area contributed by atoms with Crippen molar-refractivity contribution in [2.75, 3.05) is 13.1 Å². The van der Waals surface area contributed by atoms with Crippen LogP contribution in [0.15, 0.2) is 30.4 Å². The lowest BCUT2D eigenvalue weighted by Crippen LogP contribution is -2.24. The van der Waals surface area contributed by atoms with Gasteiger partial charge in [-0.3, -0.25) is 4.90 Å². The molecular weight excluding hydrogens is 364 g/mol. The summed E-state index contributed by atoms with van der Waals surface area (Å²) in [6.45, 7) is 34.1. The Bertz CT molecular complexity index is 545. The van der Waals surface area contributed by atoms with Crippen LogP contribution in [0.3, 0.4) is 0 Å². The van der Waals surface area contributed by atoms with Crippen LogP contribution in [-0.2, 0) is 6.54 Å². The van der Waals surface area contributed by atoms with Crippen LogP contribution in [0.1, 0.15) is 113 Å². The molecule has 0 saturated carbocycles. The van der Waals surface area contributed by atoms with Crippen LogP contribution in [-0.4, -0.2) is 18.0 Å². The van der Waals surface area contributed by atoms with Gasteiger partial charge in [0.1, 0.15) is 0 Å². The van der Waals surface area contributed by atoms with Crippen LogP contribution >= 0.6 is 0 Å². The molecule has 0 atom stereocenters. The average molecular weight is 419 g/mol. The highest BCUT2D eigenvalue weighted by atomic mass is 15.1. The van der Waals surface area contributed by atoms with E-state index in [0.29, 0.717) is 5.41 Å². The topological polar surface area (TPSA) is 27.0 Å². The normalized spacial score (nSPS) is 9.23. The Morgan fingerprint density at radius 2 is 1.53 bits per heavy atom. The minimum atomic E-state index is 0.422. The van der Waals surface area contributed by atoms with Gasteiger partial charge in [0.15, 0.2) is 0 Å². The summed E-state index contributed by atoms with van der Waals surface area (Å²) in [5, 5.41) is 8.97. The number of allylic oxidation sites excluding steroid dienone is 1. The number of nitrogens with zero attached hydrogens (tertiary/aromatic N) is 2. The van der Waals surface area contributed by atoms with Gasteiger partial charge < -0.3 is 0 Å². The molecule has 176 valence electrons. The van der Waals surface area contributed by atoms with E-state index in [1.807, 2.05) is 60.6 Å². The van der Waals surface area contributed by atoms with Crippen molar-refractivity contribution >= 4 is 0 Å². The molecule has 2 heteroatoms. The van der Waals surface area contributed by atoms with Crippen LogP contribution in [0.4, 0.5) is 0 Å². The maximum Gasteiger partial charge on any atom is 0.0994 e. The Hall–Kier alpha value is -1.59. The molecule has 1 rings (SSSR count). The highest BCUT2D eigenvalue weighted by molar-refractivity contribution is 5.41. The zero-order chi connectivity index (χ0) is 24.8. The molecule has 0 saturated heterocycles. The van der Waals surface area contributed by atoms with E-state index in [1.54, 1.807) is 0 Å². The first-order valence-corrected chi connectivity index (χ1v) is 12.0. The minimum Gasteiger partial charge on any atom is -0.299 e. The molecule has 0 N–H and O–H groups in total. The van der Waals surface area contributed by atoms with E-state index >= 15 is 0 Å². The van der Waals surface area contributed by atoms with Gasteiger partial charge in [-0.05, 0) is 62.4 Å². The SMILES string of the molecule is C=C(C)CC(C)(C)C.CC.CC.CC.CCCN(CC)Cc1cccc(C#N)c1C. The number of benzene rings is 1. The lowest BCUT2D eigenvalue weighted by molar-refractivity contribution is 0.280. The molecule has 0 fully saturated rings. The quantitative estimate of drug-likeness (QED) is 0.430. The van der Waals surface area contributed by atoms with Crippen molar-refractivity contribution < 1.29 is 0 Å². The molecule has 1 aromatic rings. The summed E-state index contributed by atoms with van der Waals surface area (Å²) in [6, 6.07) is 8.22. The first-order chi connectivity index (χ1) is 14.1. The van der Waals surface area contributed by atoms with Crippen LogP contribution in [0.2, 0.25) is 0 Å². The zero-order valence-electron chi connectivity index (χ0n) is 22.9. The molecule has 0 amide bonds. The van der Waals surface area contributed by atoms with E-state index < -0.39 is 0 Å². The van der Waals surface area contributed by atoms with E-state index in [1.165, 1.54) is 17.6 Å². The summed E-state index contributed by atoms with van der Waals surface area (Å²) in [6.07, 6.45) is 2.30. The molecule has 0 aliphatic carbocycles. The van der Waals surface area contributed by atoms with Crippen LogP contribution in [0.5, 0.6) is 0 Å². The van der Waals surface area contributed by atoms with Gasteiger partial charge in [-0.15, -0.1) is 6.58 Å². The summed E-state index contributed by atoms with van der Waals surface area (Å²) in [7, 11) is 0. The van der Waals surface area contributed by atoms with Crippen molar-refractivity contribution in [3.05, 3.63) is 47.0 Å². The predicted octanol–water partition coefficient (Wildman–Crippen LogP) is 9.18. The van der Waals surface area contributed by atoms with Crippen LogP contribution < -0.4 is 0 Å². The van der Waals surface area contributed by atoms with Gasteiger partial charge in [0.2, 0.25) is 0 Å². The molecule has 1 aromatic carbocycles. The summed E-state index contributed by atoms with van der Waals surface area (Å²) in [5.41, 5.74) is 4.89. The summed E-state index contributed by atoms with van der Waals surface area (Å²) < 4.78 is 0. The highest BCUT2D eigenvalue weighted by Crippen LogP contribution is 2.22. The van der Waals surface area contributed by atoms with Crippen LogP contribution in [0.25, 0.3) is 0 Å². The molecule has 0 aliphatic heterocycles. The van der Waals surface area contributed by atoms with Crippen molar-refractivity contribution in [3.63, 3.8) is 0 Å². The second-order valence-electron chi connectivity index (χ2n) is 7.76. The Balaban J connectivity index is -0.000000204. The molecule has 0 unspecified atom stereocenters. The molecule has 0 spiro atoms. The third-order valence-electron chi connectivity index (χ3n) is 3.78.